The number of carboxylic acids is 2. The van der Waals surface area contributed by atoms with Crippen LogP contribution in [0.5, 0.6) is 0 Å². The molecule has 1 aliphatic rings. The van der Waals surface area contributed by atoms with Crippen molar-refractivity contribution in [2.24, 2.45) is 5.73 Å². The molecule has 0 bridgehead atoms. The monoisotopic (exact) mass is 361 g/mol. The molecule has 3 atom stereocenters. The summed E-state index contributed by atoms with van der Waals surface area (Å²) in [6, 6.07) is -3.05. The molecule has 0 saturated carbocycles. The third kappa shape index (κ3) is 5.68. The number of aliphatic carboxylic acids is 2. The predicted octanol–water partition coefficient (Wildman–Crippen LogP) is -0.898. The van der Waals surface area contributed by atoms with E-state index in [1.54, 1.807) is 0 Å². The number of carbonyl (C=O) groups excluding carboxylic acids is 2. The lowest BCUT2D eigenvalue weighted by Gasteiger charge is -2.27. The summed E-state index contributed by atoms with van der Waals surface area (Å²) in [5, 5.41) is 20.3. The van der Waals surface area contributed by atoms with E-state index in [0.717, 1.165) is 0 Å². The normalized spacial score (nSPS) is 19.6. The molecule has 1 rings (SSSR count). The van der Waals surface area contributed by atoms with Crippen LogP contribution in [-0.2, 0) is 19.2 Å². The van der Waals surface area contributed by atoms with Crippen molar-refractivity contribution in [3.8, 4) is 0 Å². The highest BCUT2D eigenvalue weighted by Crippen LogP contribution is 2.19. The highest BCUT2D eigenvalue weighted by atomic mass is 32.2. The summed E-state index contributed by atoms with van der Waals surface area (Å²) >= 11 is 1.47. The van der Waals surface area contributed by atoms with E-state index < -0.39 is 48.3 Å². The fraction of sp³-hybridized carbons (Fsp3) is 0.714. The first-order valence-corrected chi connectivity index (χ1v) is 8.97. The van der Waals surface area contributed by atoms with Gasteiger partial charge >= 0.3 is 11.9 Å². The highest BCUT2D eigenvalue weighted by molar-refractivity contribution is 7.98. The summed E-state index contributed by atoms with van der Waals surface area (Å²) in [4.78, 5) is 47.7. The Morgan fingerprint density at radius 3 is 2.54 bits per heavy atom. The number of nitrogens with two attached hydrogens (primary N) is 1. The fourth-order valence-corrected chi connectivity index (χ4v) is 3.02. The summed E-state index contributed by atoms with van der Waals surface area (Å²) in [5.41, 5.74) is 5.57. The molecule has 1 saturated heterocycles. The molecule has 136 valence electrons. The molecule has 5 N–H and O–H groups in total. The van der Waals surface area contributed by atoms with Crippen molar-refractivity contribution >= 4 is 35.5 Å². The van der Waals surface area contributed by atoms with Gasteiger partial charge in [0.1, 0.15) is 12.1 Å². The first-order valence-electron chi connectivity index (χ1n) is 7.57. The van der Waals surface area contributed by atoms with Gasteiger partial charge in [-0.05, 0) is 31.3 Å². The van der Waals surface area contributed by atoms with E-state index in [1.165, 1.54) is 16.7 Å². The van der Waals surface area contributed by atoms with Gasteiger partial charge in [0.15, 0.2) is 0 Å². The van der Waals surface area contributed by atoms with Gasteiger partial charge in [0.05, 0.1) is 12.5 Å². The maximum absolute atomic E-state index is 12.4. The molecule has 0 radical (unpaired) electrons. The van der Waals surface area contributed by atoms with Gasteiger partial charge in [-0.15, -0.1) is 0 Å². The maximum atomic E-state index is 12.4. The van der Waals surface area contributed by atoms with E-state index in [4.69, 9.17) is 15.9 Å². The molecular formula is C14H23N3O6S. The van der Waals surface area contributed by atoms with Crippen LogP contribution in [0.15, 0.2) is 0 Å². The lowest BCUT2D eigenvalue weighted by molar-refractivity contribution is -0.145. The molecule has 10 heteroatoms. The van der Waals surface area contributed by atoms with Gasteiger partial charge in [0.2, 0.25) is 11.8 Å². The molecule has 2 amide bonds. The Morgan fingerprint density at radius 1 is 1.33 bits per heavy atom. The molecule has 1 fully saturated rings. The van der Waals surface area contributed by atoms with E-state index in [9.17, 15) is 19.2 Å². The van der Waals surface area contributed by atoms with Gasteiger partial charge in [0, 0.05) is 6.54 Å². The van der Waals surface area contributed by atoms with Crippen LogP contribution >= 0.6 is 11.8 Å². The highest BCUT2D eigenvalue weighted by Gasteiger charge is 2.37. The molecule has 1 heterocycles. The second-order valence-corrected chi connectivity index (χ2v) is 6.56. The van der Waals surface area contributed by atoms with Crippen LogP contribution in [0, 0.1) is 0 Å². The number of hydrogen-bond acceptors (Lipinski definition) is 6. The molecule has 9 nitrogen and oxygen atoms in total. The average Bonchev–Trinajstić information content (AvgIpc) is 2.98. The standard InChI is InChI=1S/C14H23N3O6S/c1-24-6-4-9(14(22)23)16-12(20)10-3-2-5-17(10)13(21)8(15)7-11(18)19/h8-10H,2-7,15H2,1H3,(H,16,20)(H,18,19)(H,22,23). The number of carboxylic acid groups (broad SMARTS) is 2. The molecule has 0 aromatic carbocycles. The summed E-state index contributed by atoms with van der Waals surface area (Å²) in [5.74, 6) is -2.90. The number of likely N-dealkylation sites (tertiary alicyclic amines) is 1. The average molecular weight is 361 g/mol. The number of rotatable bonds is 9. The van der Waals surface area contributed by atoms with Gasteiger partial charge in [-0.3, -0.25) is 14.4 Å². The van der Waals surface area contributed by atoms with Gasteiger partial charge < -0.3 is 26.2 Å². The minimum Gasteiger partial charge on any atom is -0.481 e. The number of nitrogens with one attached hydrogen (secondary N) is 1. The Kier molecular flexibility index (Phi) is 7.99. The number of nitrogens with zero attached hydrogens (tertiary/aromatic N) is 1. The molecular weight excluding hydrogens is 338 g/mol. The van der Waals surface area contributed by atoms with Crippen molar-refractivity contribution in [2.75, 3.05) is 18.6 Å². The number of amides is 2. The quantitative estimate of drug-likeness (QED) is 0.413. The topological polar surface area (TPSA) is 150 Å². The molecule has 1 aliphatic heterocycles. The Morgan fingerprint density at radius 2 is 2.00 bits per heavy atom. The van der Waals surface area contributed by atoms with Gasteiger partial charge in [0.25, 0.3) is 0 Å². The van der Waals surface area contributed by atoms with E-state index in [1.807, 2.05) is 6.26 Å². The van der Waals surface area contributed by atoms with Crippen molar-refractivity contribution in [3.63, 3.8) is 0 Å². The first kappa shape index (κ1) is 20.2. The molecule has 0 aromatic heterocycles. The van der Waals surface area contributed by atoms with Crippen molar-refractivity contribution in [3.05, 3.63) is 0 Å². The van der Waals surface area contributed by atoms with E-state index in [2.05, 4.69) is 5.32 Å². The Balaban J connectivity index is 2.72. The molecule has 0 aromatic rings. The summed E-state index contributed by atoms with van der Waals surface area (Å²) in [7, 11) is 0. The van der Waals surface area contributed by atoms with Crippen molar-refractivity contribution in [1.29, 1.82) is 0 Å². The number of carbonyl (C=O) groups is 4. The molecule has 3 unspecified atom stereocenters. The zero-order valence-corrected chi connectivity index (χ0v) is 14.3. The van der Waals surface area contributed by atoms with Gasteiger partial charge in [-0.2, -0.15) is 11.8 Å². The van der Waals surface area contributed by atoms with Crippen LogP contribution in [0.25, 0.3) is 0 Å². The number of thioether (sulfide) groups is 1. The van der Waals surface area contributed by atoms with Crippen molar-refractivity contribution in [1.82, 2.24) is 10.2 Å². The summed E-state index contributed by atoms with van der Waals surface area (Å²) in [6.07, 6.45) is 2.57. The smallest absolute Gasteiger partial charge is 0.326 e. The lowest BCUT2D eigenvalue weighted by atomic mass is 10.1. The van der Waals surface area contributed by atoms with Crippen LogP contribution in [0.4, 0.5) is 0 Å². The van der Waals surface area contributed by atoms with Gasteiger partial charge in [-0.25, -0.2) is 4.79 Å². The van der Waals surface area contributed by atoms with Gasteiger partial charge in [-0.1, -0.05) is 0 Å². The first-order chi connectivity index (χ1) is 11.3. The zero-order chi connectivity index (χ0) is 18.3. The molecule has 0 aliphatic carbocycles. The summed E-state index contributed by atoms with van der Waals surface area (Å²) in [6.45, 7) is 0.298. The van der Waals surface area contributed by atoms with Crippen molar-refractivity contribution < 1.29 is 29.4 Å². The fourth-order valence-electron chi connectivity index (χ4n) is 2.55. The molecule has 24 heavy (non-hydrogen) atoms. The Bertz CT molecular complexity index is 501. The largest absolute Gasteiger partial charge is 0.481 e. The summed E-state index contributed by atoms with van der Waals surface area (Å²) < 4.78 is 0. The minimum absolute atomic E-state index is 0.279. The maximum Gasteiger partial charge on any atom is 0.326 e. The number of hydrogen-bond donors (Lipinski definition) is 4. The second kappa shape index (κ2) is 9.48. The van der Waals surface area contributed by atoms with Crippen molar-refractivity contribution in [2.45, 2.75) is 43.8 Å². The third-order valence-corrected chi connectivity index (χ3v) is 4.42. The van der Waals surface area contributed by atoms with Crippen LogP contribution in [0.3, 0.4) is 0 Å². The SMILES string of the molecule is CSCCC(NC(=O)C1CCCN1C(=O)C(N)CC(=O)O)C(=O)O. The third-order valence-electron chi connectivity index (χ3n) is 3.78. The Hall–Kier alpha value is -1.81. The van der Waals surface area contributed by atoms with E-state index in [0.29, 0.717) is 25.1 Å². The lowest BCUT2D eigenvalue weighted by Crippen LogP contribution is -2.54. The predicted molar refractivity (Wildman–Crippen MR) is 87.5 cm³/mol. The second-order valence-electron chi connectivity index (χ2n) is 5.57. The van der Waals surface area contributed by atoms with E-state index >= 15 is 0 Å². The van der Waals surface area contributed by atoms with E-state index in [-0.39, 0.29) is 6.42 Å². The van der Waals surface area contributed by atoms with Crippen LogP contribution in [0.1, 0.15) is 25.7 Å². The Labute approximate surface area is 143 Å². The minimum atomic E-state index is -1.22. The van der Waals surface area contributed by atoms with Crippen LogP contribution < -0.4 is 11.1 Å². The molecule has 0 spiro atoms. The van der Waals surface area contributed by atoms with Crippen LogP contribution in [0.2, 0.25) is 0 Å². The zero-order valence-electron chi connectivity index (χ0n) is 13.4. The van der Waals surface area contributed by atoms with Crippen LogP contribution in [-0.4, -0.2) is 75.5 Å².